The van der Waals surface area contributed by atoms with Gasteiger partial charge in [-0.05, 0) is 37.7 Å². The lowest BCUT2D eigenvalue weighted by molar-refractivity contribution is -0.384. The fraction of sp³-hybridized carbons (Fsp3) is 0.545. The molecule has 1 aromatic carbocycles. The Bertz CT molecular complexity index is 1000. The van der Waals surface area contributed by atoms with E-state index in [0.717, 1.165) is 31.9 Å². The van der Waals surface area contributed by atoms with E-state index >= 15 is 0 Å². The lowest BCUT2D eigenvalue weighted by Crippen LogP contribution is -2.44. The summed E-state index contributed by atoms with van der Waals surface area (Å²) < 4.78 is 42.0. The Kier molecular flexibility index (Phi) is 9.61. The maximum absolute atomic E-state index is 12.6. The minimum absolute atomic E-state index is 0.0110. The van der Waals surface area contributed by atoms with Gasteiger partial charge < -0.3 is 30.9 Å². The third-order valence-electron chi connectivity index (χ3n) is 5.92. The van der Waals surface area contributed by atoms with Gasteiger partial charge in [0.1, 0.15) is 11.9 Å². The van der Waals surface area contributed by atoms with Crippen LogP contribution in [0, 0.1) is 16.0 Å². The van der Waals surface area contributed by atoms with Gasteiger partial charge in [-0.1, -0.05) is 18.2 Å². The monoisotopic (exact) mass is 514 g/mol. The number of aliphatic hydroxyl groups excluding tert-OH is 2. The smallest absolute Gasteiger partial charge is 0.405 e. The number of aliphatic hydroxyl groups is 2. The molecule has 1 aromatic heterocycles. The third-order valence-corrected chi connectivity index (χ3v) is 5.92. The number of rotatable bonds is 12. The van der Waals surface area contributed by atoms with E-state index in [0.29, 0.717) is 6.54 Å². The van der Waals surface area contributed by atoms with E-state index in [1.807, 2.05) is 0 Å². The number of nitrogens with one attached hydrogen (secondary N) is 3. The highest BCUT2D eigenvalue weighted by Crippen LogP contribution is 2.29. The van der Waals surface area contributed by atoms with Gasteiger partial charge in [0.25, 0.3) is 0 Å². The summed E-state index contributed by atoms with van der Waals surface area (Å²) in [6.07, 6.45) is -0.448. The van der Waals surface area contributed by atoms with Crippen molar-refractivity contribution in [1.82, 2.24) is 15.3 Å². The van der Waals surface area contributed by atoms with Crippen molar-refractivity contribution in [3.05, 3.63) is 46.1 Å². The molecule has 36 heavy (non-hydrogen) atoms. The molecule has 0 bridgehead atoms. The highest BCUT2D eigenvalue weighted by molar-refractivity contribution is 5.57. The Hall–Kier alpha value is -3.23. The lowest BCUT2D eigenvalue weighted by Gasteiger charge is -2.31. The van der Waals surface area contributed by atoms with Gasteiger partial charge in [-0.3, -0.25) is 10.1 Å². The van der Waals surface area contributed by atoms with E-state index in [4.69, 9.17) is 0 Å². The first-order chi connectivity index (χ1) is 17.2. The van der Waals surface area contributed by atoms with Gasteiger partial charge in [0.05, 0.1) is 24.2 Å². The van der Waals surface area contributed by atoms with Crippen LogP contribution in [0.1, 0.15) is 31.2 Å². The topological polar surface area (TPSA) is 155 Å². The number of anilines is 2. The summed E-state index contributed by atoms with van der Waals surface area (Å²) in [6, 6.07) is 5.43. The van der Waals surface area contributed by atoms with Crippen LogP contribution in [0.25, 0.3) is 0 Å². The normalized spacial score (nSPS) is 18.2. The average Bonchev–Trinajstić information content (AvgIpc) is 2.85. The highest BCUT2D eigenvalue weighted by Gasteiger charge is 2.32. The minimum Gasteiger partial charge on any atom is -0.405 e. The Morgan fingerprint density at radius 1 is 1.14 bits per heavy atom. The number of hydrogen-bond donors (Lipinski definition) is 5. The van der Waals surface area contributed by atoms with Gasteiger partial charge >= 0.3 is 12.0 Å². The molecule has 1 saturated carbocycles. The van der Waals surface area contributed by atoms with Crippen LogP contribution in [0.5, 0.6) is 5.75 Å². The van der Waals surface area contributed by atoms with Crippen LogP contribution in [0.4, 0.5) is 30.6 Å². The maximum atomic E-state index is 12.6. The number of para-hydroxylation sites is 1. The van der Waals surface area contributed by atoms with Crippen molar-refractivity contribution in [1.29, 1.82) is 0 Å². The third kappa shape index (κ3) is 8.17. The van der Waals surface area contributed by atoms with E-state index in [-0.39, 0.29) is 66.5 Å². The summed E-state index contributed by atoms with van der Waals surface area (Å²) in [5.74, 6) is -0.107. The number of aromatic nitrogens is 2. The molecule has 1 aliphatic rings. The molecule has 0 atom stereocenters. The van der Waals surface area contributed by atoms with Crippen molar-refractivity contribution >= 4 is 17.5 Å². The van der Waals surface area contributed by atoms with Gasteiger partial charge in [-0.25, -0.2) is 4.98 Å². The second-order valence-electron chi connectivity index (χ2n) is 8.52. The maximum Gasteiger partial charge on any atom is 0.573 e. The first-order valence-corrected chi connectivity index (χ1v) is 11.5. The van der Waals surface area contributed by atoms with Crippen molar-refractivity contribution in [3.8, 4) is 5.75 Å². The molecule has 0 saturated heterocycles. The van der Waals surface area contributed by atoms with Crippen molar-refractivity contribution in [3.63, 3.8) is 0 Å². The van der Waals surface area contributed by atoms with Crippen molar-refractivity contribution < 1.29 is 33.0 Å². The van der Waals surface area contributed by atoms with Crippen molar-refractivity contribution in [2.24, 2.45) is 5.92 Å². The largest absolute Gasteiger partial charge is 0.573 e. The molecular weight excluding hydrogens is 485 g/mol. The molecule has 0 unspecified atom stereocenters. The Morgan fingerprint density at radius 2 is 1.83 bits per heavy atom. The molecular formula is C22H29F3N6O5. The molecule has 1 fully saturated rings. The molecule has 1 heterocycles. The molecule has 5 N–H and O–H groups in total. The molecule has 1 aliphatic carbocycles. The second kappa shape index (κ2) is 12.6. The van der Waals surface area contributed by atoms with Gasteiger partial charge in [0, 0.05) is 24.7 Å². The van der Waals surface area contributed by atoms with Crippen LogP contribution in [0.15, 0.2) is 30.5 Å². The number of nitrogens with zero attached hydrogens (tertiary/aromatic N) is 3. The van der Waals surface area contributed by atoms with Crippen LogP contribution >= 0.6 is 0 Å². The van der Waals surface area contributed by atoms with Crippen LogP contribution in [0.3, 0.4) is 0 Å². The Morgan fingerprint density at radius 3 is 2.47 bits per heavy atom. The zero-order valence-corrected chi connectivity index (χ0v) is 19.4. The SMILES string of the molecule is O=[N+]([O-])c1cnc(NCc2ccccc2OC(F)(F)F)nc1NC[C@H]1CC[C@H](NC(CO)CO)CC1. The minimum atomic E-state index is -4.84. The predicted molar refractivity (Wildman–Crippen MR) is 124 cm³/mol. The van der Waals surface area contributed by atoms with Crippen molar-refractivity contribution in [2.75, 3.05) is 30.4 Å². The van der Waals surface area contributed by atoms with E-state index < -0.39 is 11.3 Å². The summed E-state index contributed by atoms with van der Waals surface area (Å²) in [7, 11) is 0. The van der Waals surface area contributed by atoms with Crippen LogP contribution in [-0.4, -0.2) is 63.3 Å². The summed E-state index contributed by atoms with van der Waals surface area (Å²) in [5.41, 5.74) is -0.105. The molecule has 0 aliphatic heterocycles. The summed E-state index contributed by atoms with van der Waals surface area (Å²) in [6.45, 7) is 0.0538. The molecule has 2 aromatic rings. The number of halogens is 3. The number of benzene rings is 1. The van der Waals surface area contributed by atoms with Gasteiger partial charge in [-0.2, -0.15) is 4.98 Å². The molecule has 11 nitrogen and oxygen atoms in total. The second-order valence-corrected chi connectivity index (χ2v) is 8.52. The van der Waals surface area contributed by atoms with Crippen LogP contribution in [-0.2, 0) is 6.54 Å². The first-order valence-electron chi connectivity index (χ1n) is 11.5. The zero-order valence-electron chi connectivity index (χ0n) is 19.4. The number of alkyl halides is 3. The van der Waals surface area contributed by atoms with Gasteiger partial charge in [-0.15, -0.1) is 13.2 Å². The molecule has 14 heteroatoms. The van der Waals surface area contributed by atoms with Gasteiger partial charge in [0.15, 0.2) is 0 Å². The van der Waals surface area contributed by atoms with E-state index in [1.165, 1.54) is 18.2 Å². The quantitative estimate of drug-likeness (QED) is 0.211. The van der Waals surface area contributed by atoms with Crippen molar-refractivity contribution in [2.45, 2.75) is 50.7 Å². The predicted octanol–water partition coefficient (Wildman–Crippen LogP) is 2.81. The lowest BCUT2D eigenvalue weighted by atomic mass is 9.85. The summed E-state index contributed by atoms with van der Waals surface area (Å²) in [4.78, 5) is 18.9. The van der Waals surface area contributed by atoms with Gasteiger partial charge in [0.2, 0.25) is 11.8 Å². The van der Waals surface area contributed by atoms with E-state index in [1.54, 1.807) is 6.07 Å². The van der Waals surface area contributed by atoms with Crippen LogP contribution in [0.2, 0.25) is 0 Å². The molecule has 0 radical (unpaired) electrons. The number of ether oxygens (including phenoxy) is 1. The zero-order chi connectivity index (χ0) is 26.1. The van der Waals surface area contributed by atoms with E-state index in [2.05, 4.69) is 30.7 Å². The van der Waals surface area contributed by atoms with E-state index in [9.17, 15) is 33.5 Å². The highest BCUT2D eigenvalue weighted by atomic mass is 19.4. The molecule has 0 amide bonds. The number of hydrogen-bond acceptors (Lipinski definition) is 10. The standard InChI is InChI=1S/C22H29F3N6O5/c23-22(24,25)36-19-4-2-1-3-15(19)10-27-21-28-11-18(31(34)35)20(30-21)26-9-14-5-7-16(8-6-14)29-17(12-32)13-33/h1-4,11,14,16-17,29,32-33H,5-10,12-13H2,(H2,26,27,28,30)/t14-,16-. The number of nitro groups is 1. The van der Waals surface area contributed by atoms with Crippen LogP contribution < -0.4 is 20.7 Å². The Labute approximate surface area is 205 Å². The Balaban J connectivity index is 1.60. The first kappa shape index (κ1) is 27.4. The summed E-state index contributed by atoms with van der Waals surface area (Å²) in [5, 5.41) is 38.9. The molecule has 198 valence electrons. The molecule has 3 rings (SSSR count). The fourth-order valence-corrected chi connectivity index (χ4v) is 4.04. The summed E-state index contributed by atoms with van der Waals surface area (Å²) >= 11 is 0. The average molecular weight is 515 g/mol. The fourth-order valence-electron chi connectivity index (χ4n) is 4.04. The molecule has 0 spiro atoms.